The van der Waals surface area contributed by atoms with Crippen molar-refractivity contribution in [1.29, 1.82) is 0 Å². The van der Waals surface area contributed by atoms with Crippen molar-refractivity contribution in [1.82, 2.24) is 9.97 Å². The summed E-state index contributed by atoms with van der Waals surface area (Å²) in [5.41, 5.74) is 11.6. The summed E-state index contributed by atoms with van der Waals surface area (Å²) in [4.78, 5) is 12.2. The van der Waals surface area contributed by atoms with Gasteiger partial charge in [-0.05, 0) is 86.6 Å². The van der Waals surface area contributed by atoms with Crippen molar-refractivity contribution in [2.24, 2.45) is 0 Å². The molecule has 0 fully saturated rings. The lowest BCUT2D eigenvalue weighted by molar-refractivity contribution is 1.21. The van der Waals surface area contributed by atoms with Crippen molar-refractivity contribution >= 4 is 49.8 Å². The van der Waals surface area contributed by atoms with Crippen molar-refractivity contribution in [2.45, 2.75) is 0 Å². The molecule has 6 aromatic carbocycles. The summed E-state index contributed by atoms with van der Waals surface area (Å²) in [6.07, 6.45) is 1.84. The molecule has 2 heterocycles. The number of aromatic nitrogens is 2. The van der Waals surface area contributed by atoms with E-state index < -0.39 is 0 Å². The van der Waals surface area contributed by atoms with Crippen molar-refractivity contribution in [3.63, 3.8) is 0 Å². The van der Waals surface area contributed by atoms with E-state index in [-0.39, 0.29) is 0 Å². The van der Waals surface area contributed by atoms with Gasteiger partial charge in [-0.3, -0.25) is 9.88 Å². The fraction of sp³-hybridized carbons (Fsp3) is 0. The molecule has 0 saturated heterocycles. The molecule has 2 aromatic heterocycles. The highest BCUT2D eigenvalue weighted by atomic mass is 15.2. The van der Waals surface area contributed by atoms with Crippen LogP contribution >= 0.6 is 0 Å². The van der Waals surface area contributed by atoms with Gasteiger partial charge in [-0.1, -0.05) is 103 Å². The average molecular weight is 548 g/mol. The SMILES string of the molecule is c1ccc(N(c2cccc(-c3ccc4c5c(cccc35)-c3ccccc3-4)c2)c2ccc3ccc4cccnc4c3n2)cc1. The van der Waals surface area contributed by atoms with Crippen LogP contribution in [-0.4, -0.2) is 9.97 Å². The van der Waals surface area contributed by atoms with Crippen LogP contribution in [0.1, 0.15) is 0 Å². The standard InChI is InChI=1S/C40H25N3/c1-2-11-29(12-3-1)43(37-23-20-27-19-18-26-10-8-24-41-39(26)40(27)42-37)30-13-6-9-28(25-30)31-21-22-36-33-15-5-4-14-32(33)35-17-7-16-34(31)38(35)36/h1-25H. The molecule has 3 nitrogen and oxygen atoms in total. The monoisotopic (exact) mass is 547 g/mol. The zero-order chi connectivity index (χ0) is 28.3. The maximum absolute atomic E-state index is 5.23. The third-order valence-corrected chi connectivity index (χ3v) is 8.62. The number of nitrogens with zero attached hydrogens (tertiary/aromatic N) is 3. The molecule has 0 bridgehead atoms. The highest BCUT2D eigenvalue weighted by Gasteiger charge is 2.23. The largest absolute Gasteiger partial charge is 0.295 e. The van der Waals surface area contributed by atoms with E-state index in [1.54, 1.807) is 0 Å². The molecular formula is C40H25N3. The number of rotatable bonds is 4. The Balaban J connectivity index is 1.23. The van der Waals surface area contributed by atoms with Crippen LogP contribution in [0.4, 0.5) is 17.2 Å². The first kappa shape index (κ1) is 23.9. The topological polar surface area (TPSA) is 29.0 Å². The molecule has 0 amide bonds. The average Bonchev–Trinajstić information content (AvgIpc) is 3.41. The maximum Gasteiger partial charge on any atom is 0.138 e. The molecule has 200 valence electrons. The Hall–Kier alpha value is -5.80. The maximum atomic E-state index is 5.23. The van der Waals surface area contributed by atoms with Crippen molar-refractivity contribution < 1.29 is 0 Å². The predicted octanol–water partition coefficient (Wildman–Crippen LogP) is 10.7. The lowest BCUT2D eigenvalue weighted by Gasteiger charge is -2.25. The molecule has 43 heavy (non-hydrogen) atoms. The van der Waals surface area contributed by atoms with Gasteiger partial charge in [0.1, 0.15) is 5.82 Å². The summed E-state index contributed by atoms with van der Waals surface area (Å²) in [5.74, 6) is 0.852. The van der Waals surface area contributed by atoms with Gasteiger partial charge in [0.05, 0.1) is 11.0 Å². The van der Waals surface area contributed by atoms with Crippen LogP contribution in [0, 0.1) is 0 Å². The van der Waals surface area contributed by atoms with E-state index in [4.69, 9.17) is 9.97 Å². The summed E-state index contributed by atoms with van der Waals surface area (Å²) in [6, 6.07) is 51.8. The first-order valence-corrected chi connectivity index (χ1v) is 14.6. The van der Waals surface area contributed by atoms with Gasteiger partial charge in [-0.15, -0.1) is 0 Å². The van der Waals surface area contributed by atoms with Crippen molar-refractivity contribution in [3.05, 3.63) is 152 Å². The molecule has 0 aliphatic heterocycles. The Morgan fingerprint density at radius 3 is 1.98 bits per heavy atom. The summed E-state index contributed by atoms with van der Waals surface area (Å²) >= 11 is 0. The molecule has 3 heteroatoms. The molecule has 0 radical (unpaired) electrons. The van der Waals surface area contributed by atoms with Crippen LogP contribution in [0.25, 0.3) is 66.0 Å². The fourth-order valence-electron chi connectivity index (χ4n) is 6.70. The zero-order valence-electron chi connectivity index (χ0n) is 23.3. The van der Waals surface area contributed by atoms with E-state index in [2.05, 4.69) is 138 Å². The van der Waals surface area contributed by atoms with Crippen molar-refractivity contribution in [2.75, 3.05) is 4.90 Å². The van der Waals surface area contributed by atoms with Crippen LogP contribution in [0.3, 0.4) is 0 Å². The predicted molar refractivity (Wildman–Crippen MR) is 179 cm³/mol. The number of benzene rings is 6. The minimum atomic E-state index is 0.852. The highest BCUT2D eigenvalue weighted by molar-refractivity contribution is 6.18. The first-order valence-electron chi connectivity index (χ1n) is 14.6. The van der Waals surface area contributed by atoms with Crippen molar-refractivity contribution in [3.8, 4) is 33.4 Å². The van der Waals surface area contributed by atoms with E-state index in [1.807, 2.05) is 18.3 Å². The Morgan fingerprint density at radius 2 is 1.12 bits per heavy atom. The number of hydrogen-bond donors (Lipinski definition) is 0. The Morgan fingerprint density at radius 1 is 0.442 bits per heavy atom. The second kappa shape index (κ2) is 9.37. The number of pyridine rings is 2. The van der Waals surface area contributed by atoms with Crippen LogP contribution in [0.2, 0.25) is 0 Å². The molecule has 8 aromatic rings. The molecule has 0 atom stereocenters. The van der Waals surface area contributed by atoms with Gasteiger partial charge in [0.15, 0.2) is 0 Å². The minimum Gasteiger partial charge on any atom is -0.295 e. The molecule has 0 N–H and O–H groups in total. The Bertz CT molecular complexity index is 2330. The summed E-state index contributed by atoms with van der Waals surface area (Å²) in [7, 11) is 0. The van der Waals surface area contributed by atoms with Crippen LogP contribution < -0.4 is 4.90 Å². The van der Waals surface area contributed by atoms with E-state index in [0.717, 1.165) is 39.0 Å². The minimum absolute atomic E-state index is 0.852. The molecule has 9 rings (SSSR count). The Kier molecular flexibility index (Phi) is 5.20. The van der Waals surface area contributed by atoms with Crippen LogP contribution in [-0.2, 0) is 0 Å². The van der Waals surface area contributed by atoms with Gasteiger partial charge in [0.25, 0.3) is 0 Å². The lowest BCUT2D eigenvalue weighted by Crippen LogP contribution is -2.11. The summed E-state index contributed by atoms with van der Waals surface area (Å²) in [5, 5.41) is 4.77. The van der Waals surface area contributed by atoms with Gasteiger partial charge in [-0.25, -0.2) is 4.98 Å². The Labute approximate surface area is 249 Å². The third-order valence-electron chi connectivity index (χ3n) is 8.62. The lowest BCUT2D eigenvalue weighted by atomic mass is 9.94. The number of fused-ring (bicyclic) bond motifs is 6. The first-order chi connectivity index (χ1) is 21.3. The summed E-state index contributed by atoms with van der Waals surface area (Å²) < 4.78 is 0. The quantitative estimate of drug-likeness (QED) is 0.205. The molecule has 1 aliphatic rings. The summed E-state index contributed by atoms with van der Waals surface area (Å²) in [6.45, 7) is 0. The molecule has 1 aliphatic carbocycles. The van der Waals surface area contributed by atoms with E-state index in [9.17, 15) is 0 Å². The van der Waals surface area contributed by atoms with Crippen LogP contribution in [0.5, 0.6) is 0 Å². The van der Waals surface area contributed by atoms with E-state index >= 15 is 0 Å². The van der Waals surface area contributed by atoms with Gasteiger partial charge < -0.3 is 0 Å². The fourth-order valence-corrected chi connectivity index (χ4v) is 6.70. The third kappa shape index (κ3) is 3.68. The highest BCUT2D eigenvalue weighted by Crippen LogP contribution is 2.49. The molecular weight excluding hydrogens is 522 g/mol. The molecule has 0 saturated carbocycles. The second-order valence-corrected chi connectivity index (χ2v) is 11.0. The van der Waals surface area contributed by atoms with Gasteiger partial charge in [-0.2, -0.15) is 0 Å². The normalized spacial score (nSPS) is 11.7. The second-order valence-electron chi connectivity index (χ2n) is 11.0. The molecule has 0 spiro atoms. The molecule has 0 unspecified atom stereocenters. The number of hydrogen-bond acceptors (Lipinski definition) is 3. The zero-order valence-corrected chi connectivity index (χ0v) is 23.3. The van der Waals surface area contributed by atoms with E-state index in [1.165, 1.54) is 44.2 Å². The van der Waals surface area contributed by atoms with Gasteiger partial charge in [0, 0.05) is 28.3 Å². The smallest absolute Gasteiger partial charge is 0.138 e. The number of para-hydroxylation sites is 1. The van der Waals surface area contributed by atoms with E-state index in [0.29, 0.717) is 0 Å². The van der Waals surface area contributed by atoms with Gasteiger partial charge in [0.2, 0.25) is 0 Å². The number of anilines is 3. The van der Waals surface area contributed by atoms with Crippen LogP contribution in [0.15, 0.2) is 152 Å². The van der Waals surface area contributed by atoms with Gasteiger partial charge >= 0.3 is 0 Å².